The maximum Gasteiger partial charge on any atom is 0.138 e. The smallest absolute Gasteiger partial charge is 0.138 e. The third-order valence-corrected chi connectivity index (χ3v) is 3.14. The van der Waals surface area contributed by atoms with E-state index in [1.54, 1.807) is 7.11 Å². The second kappa shape index (κ2) is 7.75. The van der Waals surface area contributed by atoms with Gasteiger partial charge in [-0.05, 0) is 31.7 Å². The van der Waals surface area contributed by atoms with E-state index in [9.17, 15) is 0 Å². The highest BCUT2D eigenvalue weighted by atomic mass is 16.5. The lowest BCUT2D eigenvalue weighted by Crippen LogP contribution is -2.18. The Morgan fingerprint density at radius 2 is 2.14 bits per heavy atom. The summed E-state index contributed by atoms with van der Waals surface area (Å²) in [5, 5.41) is 6.73. The molecule has 2 aromatic rings. The van der Waals surface area contributed by atoms with E-state index >= 15 is 0 Å². The Hall–Kier alpha value is -1.92. The molecule has 0 unspecified atom stereocenters. The van der Waals surface area contributed by atoms with E-state index in [2.05, 4.69) is 39.3 Å². The monoisotopic (exact) mass is 290 g/mol. The van der Waals surface area contributed by atoms with E-state index in [-0.39, 0.29) is 0 Å². The normalized spacial score (nSPS) is 11.0. The van der Waals surface area contributed by atoms with Crippen molar-refractivity contribution in [3.05, 3.63) is 41.5 Å². The molecule has 1 N–H and O–H groups in total. The number of benzene rings is 1. The summed E-state index contributed by atoms with van der Waals surface area (Å²) in [6.45, 7) is 4.80. The van der Waals surface area contributed by atoms with Crippen LogP contribution < -0.4 is 4.74 Å². The maximum atomic E-state index is 5.49. The molecule has 0 atom stereocenters. The van der Waals surface area contributed by atoms with Gasteiger partial charge in [-0.2, -0.15) is 5.10 Å². The molecule has 1 aromatic carbocycles. The van der Waals surface area contributed by atoms with E-state index in [0.29, 0.717) is 13.2 Å². The molecule has 6 heteroatoms. The molecule has 0 fully saturated rings. The highest BCUT2D eigenvalue weighted by molar-refractivity contribution is 5.36. The number of nitrogens with zero attached hydrogens (tertiary/aromatic N) is 3. The van der Waals surface area contributed by atoms with Crippen LogP contribution in [0, 0.1) is 0 Å². The van der Waals surface area contributed by atoms with Gasteiger partial charge >= 0.3 is 0 Å². The Bertz CT molecular complexity index is 543. The average Bonchev–Trinajstić information content (AvgIpc) is 2.98. The van der Waals surface area contributed by atoms with Crippen molar-refractivity contribution in [2.45, 2.75) is 26.6 Å². The van der Waals surface area contributed by atoms with Crippen LogP contribution in [0.2, 0.25) is 0 Å². The molecule has 0 radical (unpaired) electrons. The number of ether oxygens (including phenoxy) is 2. The average molecular weight is 290 g/mol. The molecule has 0 aliphatic heterocycles. The predicted molar refractivity (Wildman–Crippen MR) is 79.9 cm³/mol. The molecule has 0 bridgehead atoms. The lowest BCUT2D eigenvalue weighted by molar-refractivity contribution is 0.132. The SMILES string of the molecule is CCOCc1cc(CN(C)Cc2ncn[nH]2)ccc1OC. The molecule has 114 valence electrons. The van der Waals surface area contributed by atoms with Crippen molar-refractivity contribution in [3.63, 3.8) is 0 Å². The Kier molecular flexibility index (Phi) is 5.71. The number of rotatable bonds is 8. The van der Waals surface area contributed by atoms with Gasteiger partial charge in [0.05, 0.1) is 20.3 Å². The number of hydrogen-bond acceptors (Lipinski definition) is 5. The summed E-state index contributed by atoms with van der Waals surface area (Å²) >= 11 is 0. The molecule has 0 spiro atoms. The van der Waals surface area contributed by atoms with Crippen LogP contribution in [-0.4, -0.2) is 40.8 Å². The van der Waals surface area contributed by atoms with Crippen molar-refractivity contribution in [3.8, 4) is 5.75 Å². The molecule has 1 aromatic heterocycles. The minimum Gasteiger partial charge on any atom is -0.496 e. The molecular formula is C15H22N4O2. The van der Waals surface area contributed by atoms with Crippen molar-refractivity contribution in [1.82, 2.24) is 20.1 Å². The number of aromatic nitrogens is 3. The van der Waals surface area contributed by atoms with E-state index in [1.807, 2.05) is 13.0 Å². The molecule has 0 aliphatic carbocycles. The molecule has 0 aliphatic rings. The number of aromatic amines is 1. The highest BCUT2D eigenvalue weighted by Gasteiger charge is 2.08. The van der Waals surface area contributed by atoms with Gasteiger partial charge in [-0.1, -0.05) is 6.07 Å². The first-order valence-electron chi connectivity index (χ1n) is 6.99. The number of H-pyrrole nitrogens is 1. The van der Waals surface area contributed by atoms with E-state index < -0.39 is 0 Å². The largest absolute Gasteiger partial charge is 0.496 e. The Morgan fingerprint density at radius 1 is 1.29 bits per heavy atom. The summed E-state index contributed by atoms with van der Waals surface area (Å²) in [7, 11) is 3.73. The van der Waals surface area contributed by atoms with Crippen LogP contribution in [0.3, 0.4) is 0 Å². The first-order chi connectivity index (χ1) is 10.2. The molecule has 0 saturated carbocycles. The quantitative estimate of drug-likeness (QED) is 0.805. The van der Waals surface area contributed by atoms with Crippen LogP contribution in [-0.2, 0) is 24.4 Å². The summed E-state index contributed by atoms with van der Waals surface area (Å²) in [6.07, 6.45) is 1.52. The molecule has 0 amide bonds. The van der Waals surface area contributed by atoms with Gasteiger partial charge < -0.3 is 9.47 Å². The minimum absolute atomic E-state index is 0.569. The highest BCUT2D eigenvalue weighted by Crippen LogP contribution is 2.21. The number of methoxy groups -OCH3 is 1. The summed E-state index contributed by atoms with van der Waals surface area (Å²) in [4.78, 5) is 6.31. The van der Waals surface area contributed by atoms with Gasteiger partial charge in [0.1, 0.15) is 17.9 Å². The van der Waals surface area contributed by atoms with E-state index in [0.717, 1.165) is 30.2 Å². The van der Waals surface area contributed by atoms with Gasteiger partial charge in [0, 0.05) is 18.7 Å². The molecular weight excluding hydrogens is 268 g/mol. The molecule has 2 rings (SSSR count). The maximum absolute atomic E-state index is 5.49. The fraction of sp³-hybridized carbons (Fsp3) is 0.467. The van der Waals surface area contributed by atoms with Crippen molar-refractivity contribution in [2.75, 3.05) is 20.8 Å². The molecule has 1 heterocycles. The summed E-state index contributed by atoms with van der Waals surface area (Å²) < 4.78 is 10.9. The molecule has 21 heavy (non-hydrogen) atoms. The predicted octanol–water partition coefficient (Wildman–Crippen LogP) is 1.98. The van der Waals surface area contributed by atoms with Crippen LogP contribution in [0.15, 0.2) is 24.5 Å². The fourth-order valence-corrected chi connectivity index (χ4v) is 2.19. The number of hydrogen-bond donors (Lipinski definition) is 1. The molecule has 0 saturated heterocycles. The van der Waals surface area contributed by atoms with Crippen LogP contribution in [0.1, 0.15) is 23.9 Å². The van der Waals surface area contributed by atoms with Crippen molar-refractivity contribution in [1.29, 1.82) is 0 Å². The van der Waals surface area contributed by atoms with Gasteiger partial charge in [0.25, 0.3) is 0 Å². The van der Waals surface area contributed by atoms with E-state index in [1.165, 1.54) is 11.9 Å². The first kappa shape index (κ1) is 15.5. The van der Waals surface area contributed by atoms with Gasteiger partial charge in [-0.3, -0.25) is 10.00 Å². The Morgan fingerprint density at radius 3 is 2.81 bits per heavy atom. The van der Waals surface area contributed by atoms with Gasteiger partial charge in [0.15, 0.2) is 0 Å². The third-order valence-electron chi connectivity index (χ3n) is 3.14. The second-order valence-electron chi connectivity index (χ2n) is 4.89. The summed E-state index contributed by atoms with van der Waals surface area (Å²) in [5.41, 5.74) is 2.29. The zero-order valence-corrected chi connectivity index (χ0v) is 12.8. The van der Waals surface area contributed by atoms with Crippen LogP contribution in [0.4, 0.5) is 0 Å². The number of nitrogens with one attached hydrogen (secondary N) is 1. The third kappa shape index (κ3) is 4.54. The van der Waals surface area contributed by atoms with Crippen LogP contribution in [0.5, 0.6) is 5.75 Å². The van der Waals surface area contributed by atoms with Crippen molar-refractivity contribution >= 4 is 0 Å². The summed E-state index contributed by atoms with van der Waals surface area (Å²) in [5.74, 6) is 1.73. The second-order valence-corrected chi connectivity index (χ2v) is 4.89. The van der Waals surface area contributed by atoms with Gasteiger partial charge in [0.2, 0.25) is 0 Å². The van der Waals surface area contributed by atoms with Crippen LogP contribution in [0.25, 0.3) is 0 Å². The van der Waals surface area contributed by atoms with Crippen molar-refractivity contribution < 1.29 is 9.47 Å². The zero-order valence-electron chi connectivity index (χ0n) is 12.8. The Balaban J connectivity index is 2.01. The standard InChI is InChI=1S/C15H22N4O2/c1-4-21-10-13-7-12(5-6-14(13)20-3)8-19(2)9-15-16-11-17-18-15/h5-7,11H,4,8-10H2,1-3H3,(H,16,17,18). The minimum atomic E-state index is 0.569. The summed E-state index contributed by atoms with van der Waals surface area (Å²) in [6, 6.07) is 6.20. The van der Waals surface area contributed by atoms with Crippen LogP contribution >= 0.6 is 0 Å². The lowest BCUT2D eigenvalue weighted by atomic mass is 10.1. The first-order valence-corrected chi connectivity index (χ1v) is 6.99. The fourth-order valence-electron chi connectivity index (χ4n) is 2.19. The van der Waals surface area contributed by atoms with E-state index in [4.69, 9.17) is 9.47 Å². The lowest BCUT2D eigenvalue weighted by Gasteiger charge is -2.17. The van der Waals surface area contributed by atoms with Gasteiger partial charge in [-0.25, -0.2) is 4.98 Å². The van der Waals surface area contributed by atoms with Gasteiger partial charge in [-0.15, -0.1) is 0 Å². The van der Waals surface area contributed by atoms with Crippen molar-refractivity contribution in [2.24, 2.45) is 0 Å². The zero-order chi connectivity index (χ0) is 15.1. The topological polar surface area (TPSA) is 63.3 Å². The molecule has 6 nitrogen and oxygen atoms in total. The Labute approximate surface area is 125 Å².